The van der Waals surface area contributed by atoms with Crippen molar-refractivity contribution in [3.05, 3.63) is 60.7 Å². The fourth-order valence-electron chi connectivity index (χ4n) is 10.3. The zero-order valence-corrected chi connectivity index (χ0v) is 50.2. The van der Waals surface area contributed by atoms with E-state index in [4.69, 9.17) is 27.8 Å². The molecule has 3 unspecified atom stereocenters. The van der Waals surface area contributed by atoms with Crippen molar-refractivity contribution in [3.63, 3.8) is 0 Å². The Balaban J connectivity index is 1.79. The van der Waals surface area contributed by atoms with Gasteiger partial charge in [0.15, 0.2) is 12.4 Å². The number of aliphatic hydroxyl groups excluding tert-OH is 3. The van der Waals surface area contributed by atoms with Crippen LogP contribution in [0.5, 0.6) is 11.5 Å². The molecule has 3 rings (SSSR count). The van der Waals surface area contributed by atoms with E-state index in [9.17, 15) is 34.3 Å². The monoisotopic (exact) mass is 1130 g/mol. The second-order valence-corrected chi connectivity index (χ2v) is 23.7. The minimum atomic E-state index is -4.79. The zero-order valence-electron chi connectivity index (χ0n) is 49.3. The van der Waals surface area contributed by atoms with Crippen LogP contribution in [-0.2, 0) is 37.7 Å². The number of nitrogens with one attached hydrogen (secondary N) is 1. The highest BCUT2D eigenvalue weighted by Gasteiger charge is 2.53. The van der Waals surface area contributed by atoms with Gasteiger partial charge in [-0.05, 0) is 49.9 Å². The number of amides is 1. The molecule has 14 nitrogen and oxygen atoms in total. The molecule has 0 radical (unpaired) electrons. The predicted octanol–water partition coefficient (Wildman–Crippen LogP) is 15.9. The lowest BCUT2D eigenvalue weighted by Crippen LogP contribution is -2.66. The fraction of sp³-hybridized carbons (Fsp3) is 0.766. The molecule has 452 valence electrons. The van der Waals surface area contributed by atoms with Crippen molar-refractivity contribution in [3.8, 4) is 11.5 Å². The van der Waals surface area contributed by atoms with E-state index in [1.54, 1.807) is 60.7 Å². The molecule has 1 saturated heterocycles. The minimum Gasteiger partial charge on any atom is -0.462 e. The third-order valence-electron chi connectivity index (χ3n) is 15.0. The average Bonchev–Trinajstić information content (AvgIpc) is 3.44. The molecule has 4 N–H and O–H groups in total. The Morgan fingerprint density at radius 2 is 0.949 bits per heavy atom. The fourth-order valence-corrected chi connectivity index (χ4v) is 11.8. The Morgan fingerprint density at radius 1 is 0.544 bits per heavy atom. The van der Waals surface area contributed by atoms with Gasteiger partial charge in [0, 0.05) is 6.42 Å². The lowest BCUT2D eigenvalue weighted by molar-refractivity contribution is -0.256. The lowest BCUT2D eigenvalue weighted by Gasteiger charge is -2.44. The number of benzene rings is 2. The normalized spacial score (nSPS) is 18.2. The molecule has 1 aliphatic heterocycles. The topological polar surface area (TPSA) is 196 Å². The van der Waals surface area contributed by atoms with E-state index in [1.165, 1.54) is 135 Å². The SMILES string of the molecule is CCCCCCCCCCCCCCCC(=O)OC(CCCCCCCCCCCCC)CC(=O)O[C@H]1[C@H](OP(=O)(Oc2ccccc2)Oc2ccccc2)[C@@H](CO)OC(O)[C@@H]1NC(=O)CC(O)CCCCCCCCCCC. The quantitative estimate of drug-likeness (QED) is 0.0278. The molecule has 0 bridgehead atoms. The van der Waals surface area contributed by atoms with Crippen LogP contribution >= 0.6 is 7.82 Å². The van der Waals surface area contributed by atoms with Crippen LogP contribution in [0, 0.1) is 0 Å². The number of para-hydroxylation sites is 2. The number of phosphoric acid groups is 1. The van der Waals surface area contributed by atoms with Gasteiger partial charge < -0.3 is 43.9 Å². The third-order valence-corrected chi connectivity index (χ3v) is 16.4. The van der Waals surface area contributed by atoms with Crippen molar-refractivity contribution in [2.24, 2.45) is 0 Å². The molecule has 2 aromatic rings. The molecule has 0 aliphatic carbocycles. The number of esters is 2. The Bertz CT molecular complexity index is 1810. The molecule has 0 saturated carbocycles. The first-order valence-electron chi connectivity index (χ1n) is 31.6. The number of ether oxygens (including phenoxy) is 3. The van der Waals surface area contributed by atoms with Crippen LogP contribution in [0.25, 0.3) is 0 Å². The van der Waals surface area contributed by atoms with Gasteiger partial charge in [0.1, 0.15) is 35.9 Å². The van der Waals surface area contributed by atoms with E-state index in [-0.39, 0.29) is 30.8 Å². The second-order valence-electron chi connectivity index (χ2n) is 22.2. The summed E-state index contributed by atoms with van der Waals surface area (Å²) in [5.41, 5.74) is 0. The van der Waals surface area contributed by atoms with Crippen LogP contribution in [0.1, 0.15) is 265 Å². The van der Waals surface area contributed by atoms with Crippen molar-refractivity contribution in [1.29, 1.82) is 0 Å². The van der Waals surface area contributed by atoms with E-state index < -0.39 is 75.1 Å². The predicted molar refractivity (Wildman–Crippen MR) is 315 cm³/mol. The second kappa shape index (κ2) is 45.1. The van der Waals surface area contributed by atoms with Crippen LogP contribution in [0.4, 0.5) is 0 Å². The Morgan fingerprint density at radius 3 is 1.38 bits per heavy atom. The van der Waals surface area contributed by atoms with Gasteiger partial charge in [0.2, 0.25) is 5.91 Å². The van der Waals surface area contributed by atoms with Gasteiger partial charge in [-0.15, -0.1) is 0 Å². The lowest BCUT2D eigenvalue weighted by atomic mass is 9.96. The Labute approximate surface area is 477 Å². The molecule has 1 heterocycles. The molecule has 0 aromatic heterocycles. The molecule has 1 aliphatic rings. The van der Waals surface area contributed by atoms with Crippen molar-refractivity contribution >= 4 is 25.7 Å². The number of unbranched alkanes of at least 4 members (excludes halogenated alkanes) is 30. The van der Waals surface area contributed by atoms with Gasteiger partial charge in [-0.3, -0.25) is 18.9 Å². The molecule has 79 heavy (non-hydrogen) atoms. The van der Waals surface area contributed by atoms with Crippen LogP contribution in [0.3, 0.4) is 0 Å². The van der Waals surface area contributed by atoms with Crippen LogP contribution in [0.2, 0.25) is 0 Å². The Kier molecular flexibility index (Phi) is 39.8. The number of carbonyl (C=O) groups excluding carboxylic acids is 3. The van der Waals surface area contributed by atoms with E-state index in [2.05, 4.69) is 26.1 Å². The maximum atomic E-state index is 14.9. The summed E-state index contributed by atoms with van der Waals surface area (Å²) in [6.07, 6.45) is 29.6. The number of carbonyl (C=O) groups is 3. The largest absolute Gasteiger partial charge is 0.588 e. The van der Waals surface area contributed by atoms with Gasteiger partial charge in [0.25, 0.3) is 0 Å². The summed E-state index contributed by atoms with van der Waals surface area (Å²) in [4.78, 5) is 41.7. The molecule has 0 spiro atoms. The van der Waals surface area contributed by atoms with Gasteiger partial charge in [-0.25, -0.2) is 4.57 Å². The highest BCUT2D eigenvalue weighted by molar-refractivity contribution is 7.49. The smallest absolute Gasteiger partial charge is 0.462 e. The van der Waals surface area contributed by atoms with Gasteiger partial charge in [-0.1, -0.05) is 256 Å². The summed E-state index contributed by atoms with van der Waals surface area (Å²) < 4.78 is 51.1. The summed E-state index contributed by atoms with van der Waals surface area (Å²) >= 11 is 0. The van der Waals surface area contributed by atoms with Crippen LogP contribution in [-0.4, -0.2) is 82.6 Å². The Hall–Kier alpha value is -3.52. The standard InChI is InChI=1S/C64H108NO13P/c1-4-7-10-13-16-19-21-22-24-27-30-33-42-49-59(69)73-56(48-37-32-29-26-23-20-17-14-11-8-5-2)51-60(70)75-63-61(65-58(68)50-53(67)43-36-31-28-25-18-15-12-9-6-3)64(71)74-57(52-66)62(63)78-79(72,76-54-44-38-34-39-45-54)77-55-46-40-35-41-47-55/h34-35,38-41,44-47,53,56-57,61-64,66-67,71H,4-33,36-37,42-43,48-52H2,1-3H3,(H,65,68)/t53?,56?,57-,61-,62-,63-,64?/m1/s1. The van der Waals surface area contributed by atoms with Crippen LogP contribution in [0.15, 0.2) is 60.7 Å². The first kappa shape index (κ1) is 69.7. The van der Waals surface area contributed by atoms with Crippen molar-refractivity contribution < 1.29 is 62.1 Å². The molecular formula is C64H108NO13P. The molecular weight excluding hydrogens is 1020 g/mol. The third kappa shape index (κ3) is 33.2. The number of aliphatic hydroxyl groups is 3. The number of hydrogen-bond acceptors (Lipinski definition) is 13. The summed E-state index contributed by atoms with van der Waals surface area (Å²) in [7, 11) is -4.79. The molecule has 1 fully saturated rings. The van der Waals surface area contributed by atoms with Gasteiger partial charge in [-0.2, -0.15) is 0 Å². The molecule has 1 amide bonds. The van der Waals surface area contributed by atoms with E-state index >= 15 is 0 Å². The number of phosphoric ester groups is 1. The van der Waals surface area contributed by atoms with Gasteiger partial charge >= 0.3 is 19.8 Å². The molecule has 15 heteroatoms. The maximum absolute atomic E-state index is 14.9. The maximum Gasteiger partial charge on any atom is 0.588 e. The summed E-state index contributed by atoms with van der Waals surface area (Å²) in [5, 5.41) is 36.0. The van der Waals surface area contributed by atoms with Crippen molar-refractivity contribution in [1.82, 2.24) is 5.32 Å². The van der Waals surface area contributed by atoms with E-state index in [1.807, 2.05) is 0 Å². The summed E-state index contributed by atoms with van der Waals surface area (Å²) in [6.45, 7) is 5.87. The summed E-state index contributed by atoms with van der Waals surface area (Å²) in [6, 6.07) is 14.8. The first-order valence-corrected chi connectivity index (χ1v) is 33.0. The van der Waals surface area contributed by atoms with Gasteiger partial charge in [0.05, 0.1) is 25.6 Å². The minimum absolute atomic E-state index is 0.115. The number of hydrogen-bond donors (Lipinski definition) is 4. The van der Waals surface area contributed by atoms with Crippen LogP contribution < -0.4 is 14.4 Å². The van der Waals surface area contributed by atoms with E-state index in [0.717, 1.165) is 64.2 Å². The highest BCUT2D eigenvalue weighted by atomic mass is 31.2. The average molecular weight is 1130 g/mol. The van der Waals surface area contributed by atoms with Crippen molar-refractivity contribution in [2.75, 3.05) is 6.61 Å². The van der Waals surface area contributed by atoms with Crippen molar-refractivity contribution in [2.45, 2.75) is 308 Å². The zero-order chi connectivity index (χ0) is 57.0. The van der Waals surface area contributed by atoms with E-state index in [0.29, 0.717) is 25.7 Å². The first-order chi connectivity index (χ1) is 38.5. The molecule has 2 aromatic carbocycles. The number of rotatable bonds is 50. The highest BCUT2D eigenvalue weighted by Crippen LogP contribution is 2.52. The molecule has 7 atom stereocenters. The summed E-state index contributed by atoms with van der Waals surface area (Å²) in [5.74, 6) is -1.68.